The summed E-state index contributed by atoms with van der Waals surface area (Å²) in [5.74, 6) is -1.40. The Morgan fingerprint density at radius 3 is 2.48 bits per heavy atom. The summed E-state index contributed by atoms with van der Waals surface area (Å²) in [4.78, 5) is 19.9. The molecule has 1 fully saturated rings. The van der Waals surface area contributed by atoms with E-state index in [1.54, 1.807) is 0 Å². The summed E-state index contributed by atoms with van der Waals surface area (Å²) < 4.78 is 39.4. The van der Waals surface area contributed by atoms with Crippen molar-refractivity contribution in [2.45, 2.75) is 17.7 Å². The molecule has 9 heteroatoms. The van der Waals surface area contributed by atoms with Crippen LogP contribution in [-0.2, 0) is 14.8 Å². The van der Waals surface area contributed by atoms with Gasteiger partial charge in [0.25, 0.3) is 0 Å². The number of carbonyl (C=O) groups is 1. The molecule has 1 heterocycles. The fourth-order valence-electron chi connectivity index (χ4n) is 2.27. The lowest BCUT2D eigenvalue weighted by Gasteiger charge is -2.28. The number of nitro groups is 1. The summed E-state index contributed by atoms with van der Waals surface area (Å²) in [5.41, 5.74) is -1.05. The van der Waals surface area contributed by atoms with Gasteiger partial charge in [-0.1, -0.05) is 6.07 Å². The number of sulfonamides is 1. The molecule has 0 aromatic heterocycles. The van der Waals surface area contributed by atoms with E-state index in [4.69, 9.17) is 0 Å². The van der Waals surface area contributed by atoms with E-state index in [1.807, 2.05) is 0 Å². The Labute approximate surface area is 120 Å². The van der Waals surface area contributed by atoms with Gasteiger partial charge in [0.1, 0.15) is 6.29 Å². The summed E-state index contributed by atoms with van der Waals surface area (Å²) in [6.45, 7) is 0.165. The number of benzene rings is 1. The number of carbonyl (C=O) groups excluding carboxylic acids is 1. The highest BCUT2D eigenvalue weighted by Crippen LogP contribution is 2.31. The largest absolute Gasteiger partial charge is 0.324 e. The average Bonchev–Trinajstić information content (AvgIpc) is 2.46. The molecule has 2 rings (SSSR count). The predicted molar refractivity (Wildman–Crippen MR) is 70.6 cm³/mol. The van der Waals surface area contributed by atoms with Gasteiger partial charge in [-0.15, -0.1) is 0 Å². The van der Waals surface area contributed by atoms with E-state index in [9.17, 15) is 27.7 Å². The van der Waals surface area contributed by atoms with Crippen LogP contribution in [0, 0.1) is 21.8 Å². The molecule has 0 N–H and O–H groups in total. The monoisotopic (exact) mass is 316 g/mol. The highest BCUT2D eigenvalue weighted by Gasteiger charge is 2.35. The molecule has 0 spiro atoms. The van der Waals surface area contributed by atoms with Crippen molar-refractivity contribution in [3.8, 4) is 0 Å². The topological polar surface area (TPSA) is 97.6 Å². The second kappa shape index (κ2) is 5.86. The first kappa shape index (κ1) is 15.5. The SMILES string of the molecule is O=CC1CCN(S(=O)(=O)c2cccc(F)c2[N+](=O)[O-])CC1. The summed E-state index contributed by atoms with van der Waals surface area (Å²) in [6, 6.07) is 2.98. The zero-order valence-corrected chi connectivity index (χ0v) is 11.8. The van der Waals surface area contributed by atoms with Crippen LogP contribution in [0.3, 0.4) is 0 Å². The number of nitro benzene ring substituents is 1. The maximum atomic E-state index is 13.5. The van der Waals surface area contributed by atoms with Gasteiger partial charge in [0.15, 0.2) is 4.90 Å². The quantitative estimate of drug-likeness (QED) is 0.474. The van der Waals surface area contributed by atoms with Crippen molar-refractivity contribution >= 4 is 22.0 Å². The maximum absolute atomic E-state index is 13.5. The second-order valence-corrected chi connectivity index (χ2v) is 6.63. The van der Waals surface area contributed by atoms with Crippen molar-refractivity contribution in [3.63, 3.8) is 0 Å². The van der Waals surface area contributed by atoms with Crippen molar-refractivity contribution < 1.29 is 22.5 Å². The molecule has 0 amide bonds. The Balaban J connectivity index is 2.39. The second-order valence-electron chi connectivity index (χ2n) is 4.72. The number of para-hydroxylation sites is 1. The van der Waals surface area contributed by atoms with Crippen molar-refractivity contribution in [1.82, 2.24) is 4.31 Å². The molecule has 1 aromatic carbocycles. The molecule has 1 aliphatic rings. The first-order chi connectivity index (χ1) is 9.87. The Kier molecular flexibility index (Phi) is 4.33. The van der Waals surface area contributed by atoms with Crippen LogP contribution < -0.4 is 0 Å². The molecule has 0 bridgehead atoms. The summed E-state index contributed by atoms with van der Waals surface area (Å²) in [6.07, 6.45) is 1.48. The number of hydrogen-bond donors (Lipinski definition) is 0. The van der Waals surface area contributed by atoms with E-state index in [2.05, 4.69) is 0 Å². The molecular weight excluding hydrogens is 303 g/mol. The smallest absolute Gasteiger partial charge is 0.303 e. The van der Waals surface area contributed by atoms with Gasteiger partial charge in [-0.3, -0.25) is 10.1 Å². The van der Waals surface area contributed by atoms with Crippen molar-refractivity contribution in [2.24, 2.45) is 5.92 Å². The third-order valence-corrected chi connectivity index (χ3v) is 5.37. The Hall–Kier alpha value is -1.87. The van der Waals surface area contributed by atoms with Gasteiger partial charge in [0, 0.05) is 19.0 Å². The highest BCUT2D eigenvalue weighted by atomic mass is 32.2. The zero-order chi connectivity index (χ0) is 15.6. The van der Waals surface area contributed by atoms with Gasteiger partial charge < -0.3 is 4.79 Å². The number of nitrogens with zero attached hydrogens (tertiary/aromatic N) is 2. The lowest BCUT2D eigenvalue weighted by Crippen LogP contribution is -2.39. The third kappa shape index (κ3) is 2.93. The minimum Gasteiger partial charge on any atom is -0.303 e. The lowest BCUT2D eigenvalue weighted by atomic mass is 10.0. The molecule has 0 unspecified atom stereocenters. The Morgan fingerprint density at radius 2 is 1.95 bits per heavy atom. The van der Waals surface area contributed by atoms with Crippen molar-refractivity contribution in [2.75, 3.05) is 13.1 Å². The van der Waals surface area contributed by atoms with Gasteiger partial charge in [-0.25, -0.2) is 8.42 Å². The van der Waals surface area contributed by atoms with E-state index in [1.165, 1.54) is 0 Å². The molecule has 0 atom stereocenters. The minimum atomic E-state index is -4.16. The summed E-state index contributed by atoms with van der Waals surface area (Å²) >= 11 is 0. The van der Waals surface area contributed by atoms with Gasteiger partial charge >= 0.3 is 5.69 Å². The van der Waals surface area contributed by atoms with E-state index in [-0.39, 0.29) is 19.0 Å². The molecule has 21 heavy (non-hydrogen) atoms. The van der Waals surface area contributed by atoms with Crippen LogP contribution in [0.2, 0.25) is 0 Å². The van der Waals surface area contributed by atoms with Crippen LogP contribution in [0.15, 0.2) is 23.1 Å². The molecule has 0 aliphatic carbocycles. The molecule has 1 aliphatic heterocycles. The summed E-state index contributed by atoms with van der Waals surface area (Å²) in [5, 5.41) is 10.9. The third-order valence-electron chi connectivity index (χ3n) is 3.44. The van der Waals surface area contributed by atoms with Gasteiger partial charge in [0.2, 0.25) is 15.8 Å². The first-order valence-corrected chi connectivity index (χ1v) is 7.70. The van der Waals surface area contributed by atoms with Crippen LogP contribution in [0.5, 0.6) is 0 Å². The Bertz CT molecular complexity index is 668. The number of hydrogen-bond acceptors (Lipinski definition) is 5. The number of aldehydes is 1. The van der Waals surface area contributed by atoms with E-state index in [0.717, 1.165) is 28.8 Å². The average molecular weight is 316 g/mol. The van der Waals surface area contributed by atoms with Crippen LogP contribution >= 0.6 is 0 Å². The molecule has 114 valence electrons. The number of rotatable bonds is 4. The summed E-state index contributed by atoms with van der Waals surface area (Å²) in [7, 11) is -4.16. The van der Waals surface area contributed by atoms with Crippen LogP contribution in [0.1, 0.15) is 12.8 Å². The standard InChI is InChI=1S/C12H13FN2O5S/c13-10-2-1-3-11(12(10)15(17)18)21(19,20)14-6-4-9(8-16)5-7-14/h1-3,8-9H,4-7H2. The van der Waals surface area contributed by atoms with E-state index in [0.29, 0.717) is 12.8 Å². The van der Waals surface area contributed by atoms with Crippen LogP contribution in [-0.4, -0.2) is 37.0 Å². The molecule has 7 nitrogen and oxygen atoms in total. The predicted octanol–water partition coefficient (Wildman–Crippen LogP) is 1.33. The van der Waals surface area contributed by atoms with Crippen molar-refractivity contribution in [1.29, 1.82) is 0 Å². The van der Waals surface area contributed by atoms with E-state index >= 15 is 0 Å². The minimum absolute atomic E-state index is 0.0827. The van der Waals surface area contributed by atoms with Gasteiger partial charge in [-0.05, 0) is 25.0 Å². The molecule has 1 aromatic rings. The fourth-order valence-corrected chi connectivity index (χ4v) is 3.91. The number of piperidine rings is 1. The number of halogens is 1. The fraction of sp³-hybridized carbons (Fsp3) is 0.417. The van der Waals surface area contributed by atoms with Gasteiger partial charge in [-0.2, -0.15) is 8.70 Å². The molecule has 0 saturated carbocycles. The maximum Gasteiger partial charge on any atom is 0.324 e. The first-order valence-electron chi connectivity index (χ1n) is 6.26. The van der Waals surface area contributed by atoms with Crippen LogP contribution in [0.25, 0.3) is 0 Å². The Morgan fingerprint density at radius 1 is 1.33 bits per heavy atom. The zero-order valence-electron chi connectivity index (χ0n) is 10.9. The molecule has 0 radical (unpaired) electrons. The van der Waals surface area contributed by atoms with Crippen LogP contribution in [0.4, 0.5) is 10.1 Å². The lowest BCUT2D eigenvalue weighted by molar-refractivity contribution is -0.390. The van der Waals surface area contributed by atoms with E-state index < -0.39 is 31.3 Å². The highest BCUT2D eigenvalue weighted by molar-refractivity contribution is 7.89. The molecule has 1 saturated heterocycles. The normalized spacial score (nSPS) is 17.6. The van der Waals surface area contributed by atoms with Gasteiger partial charge in [0.05, 0.1) is 4.92 Å². The van der Waals surface area contributed by atoms with Crippen molar-refractivity contribution in [3.05, 3.63) is 34.1 Å². The molecular formula is C12H13FN2O5S.